The molecule has 0 fully saturated rings. The van der Waals surface area contributed by atoms with Crippen molar-refractivity contribution in [1.29, 1.82) is 0 Å². The Morgan fingerprint density at radius 1 is 1.33 bits per heavy atom. The van der Waals surface area contributed by atoms with Gasteiger partial charge in [0.25, 0.3) is 0 Å². The number of benzene rings is 1. The quantitative estimate of drug-likeness (QED) is 0.834. The van der Waals surface area contributed by atoms with Crippen molar-refractivity contribution in [2.24, 2.45) is 0 Å². The van der Waals surface area contributed by atoms with Gasteiger partial charge in [-0.05, 0) is 25.0 Å². The molecule has 2 rings (SSSR count). The number of nitrogens with one attached hydrogen (secondary N) is 1. The fraction of sp³-hybridized carbons (Fsp3) is 0.231. The summed E-state index contributed by atoms with van der Waals surface area (Å²) in [6, 6.07) is 2.67. The highest BCUT2D eigenvalue weighted by molar-refractivity contribution is 7.71. The highest BCUT2D eigenvalue weighted by atomic mass is 32.1. The van der Waals surface area contributed by atoms with Crippen LogP contribution in [-0.4, -0.2) is 9.97 Å². The topological polar surface area (TPSA) is 28.7 Å². The summed E-state index contributed by atoms with van der Waals surface area (Å²) < 4.78 is 28.3. The Kier molecular flexibility index (Phi) is 3.52. The third-order valence-electron chi connectivity index (χ3n) is 2.84. The minimum Gasteiger partial charge on any atom is -0.345 e. The zero-order valence-electron chi connectivity index (χ0n) is 10.1. The molecular formula is C13H12F2N2S. The highest BCUT2D eigenvalue weighted by Gasteiger charge is 2.17. The summed E-state index contributed by atoms with van der Waals surface area (Å²) in [6.45, 7) is 3.47. The Morgan fingerprint density at radius 2 is 2.06 bits per heavy atom. The van der Waals surface area contributed by atoms with Gasteiger partial charge in [-0.25, -0.2) is 13.8 Å². The third-order valence-corrected chi connectivity index (χ3v) is 3.19. The Labute approximate surface area is 109 Å². The maximum absolute atomic E-state index is 14.1. The van der Waals surface area contributed by atoms with Crippen LogP contribution >= 0.6 is 12.2 Å². The number of rotatable bonds is 2. The van der Waals surface area contributed by atoms with Crippen LogP contribution in [0.25, 0.3) is 11.3 Å². The second-order valence-electron chi connectivity index (χ2n) is 3.97. The third kappa shape index (κ3) is 2.06. The molecule has 0 atom stereocenters. The predicted molar refractivity (Wildman–Crippen MR) is 68.9 cm³/mol. The smallest absolute Gasteiger partial charge is 0.138 e. The van der Waals surface area contributed by atoms with Crippen LogP contribution in [-0.2, 0) is 6.42 Å². The lowest BCUT2D eigenvalue weighted by atomic mass is 10.0. The molecule has 2 nitrogen and oxygen atoms in total. The van der Waals surface area contributed by atoms with E-state index in [4.69, 9.17) is 12.2 Å². The number of aryl methyl sites for hydroxylation is 1. The molecule has 1 N–H and O–H groups in total. The van der Waals surface area contributed by atoms with E-state index in [2.05, 4.69) is 9.97 Å². The second kappa shape index (κ2) is 4.94. The Hall–Kier alpha value is -1.62. The van der Waals surface area contributed by atoms with Crippen molar-refractivity contribution in [3.8, 4) is 11.3 Å². The molecule has 0 unspecified atom stereocenters. The van der Waals surface area contributed by atoms with Gasteiger partial charge in [0.15, 0.2) is 0 Å². The van der Waals surface area contributed by atoms with Gasteiger partial charge < -0.3 is 4.98 Å². The van der Waals surface area contributed by atoms with Gasteiger partial charge in [-0.15, -0.1) is 0 Å². The van der Waals surface area contributed by atoms with E-state index in [0.717, 1.165) is 0 Å². The maximum atomic E-state index is 14.1. The summed E-state index contributed by atoms with van der Waals surface area (Å²) in [5, 5.41) is 0. The lowest BCUT2D eigenvalue weighted by Crippen LogP contribution is -2.01. The van der Waals surface area contributed by atoms with Crippen molar-refractivity contribution in [2.45, 2.75) is 20.3 Å². The van der Waals surface area contributed by atoms with Crippen molar-refractivity contribution in [1.82, 2.24) is 9.97 Å². The van der Waals surface area contributed by atoms with Crippen LogP contribution in [0.5, 0.6) is 0 Å². The van der Waals surface area contributed by atoms with Crippen LogP contribution in [0.2, 0.25) is 0 Å². The average Bonchev–Trinajstić information content (AvgIpc) is 2.35. The number of aromatic amines is 1. The number of aromatic nitrogens is 2. The summed E-state index contributed by atoms with van der Waals surface area (Å²) >= 11 is 5.08. The van der Waals surface area contributed by atoms with Crippen molar-refractivity contribution in [3.05, 3.63) is 45.9 Å². The van der Waals surface area contributed by atoms with Crippen LogP contribution in [0.4, 0.5) is 8.78 Å². The minimum atomic E-state index is -0.607. The van der Waals surface area contributed by atoms with Gasteiger partial charge in [0.1, 0.15) is 16.3 Å². The summed E-state index contributed by atoms with van der Waals surface area (Å²) in [5.74, 6) is -1.17. The second-order valence-corrected chi connectivity index (χ2v) is 4.35. The molecule has 18 heavy (non-hydrogen) atoms. The minimum absolute atomic E-state index is 0.0691. The fourth-order valence-corrected chi connectivity index (χ4v) is 2.16. The Bertz CT molecular complexity index is 650. The first kappa shape index (κ1) is 12.8. The van der Waals surface area contributed by atoms with Crippen LogP contribution < -0.4 is 0 Å². The molecule has 2 aromatic rings. The zero-order chi connectivity index (χ0) is 13.3. The van der Waals surface area contributed by atoms with Crippen LogP contribution in [0.1, 0.15) is 18.1 Å². The van der Waals surface area contributed by atoms with Gasteiger partial charge in [-0.1, -0.05) is 25.2 Å². The molecule has 0 aliphatic carbocycles. The van der Waals surface area contributed by atoms with Crippen LogP contribution in [0, 0.1) is 23.2 Å². The van der Waals surface area contributed by atoms with Gasteiger partial charge >= 0.3 is 0 Å². The van der Waals surface area contributed by atoms with E-state index in [9.17, 15) is 8.78 Å². The molecule has 94 valence electrons. The van der Waals surface area contributed by atoms with Crippen molar-refractivity contribution in [3.63, 3.8) is 0 Å². The first-order chi connectivity index (χ1) is 8.56. The molecule has 0 amide bonds. The molecule has 0 saturated carbocycles. The number of halogens is 2. The van der Waals surface area contributed by atoms with Crippen LogP contribution in [0.3, 0.4) is 0 Å². The van der Waals surface area contributed by atoms with E-state index < -0.39 is 11.6 Å². The largest absolute Gasteiger partial charge is 0.345 e. The van der Waals surface area contributed by atoms with E-state index in [-0.39, 0.29) is 5.56 Å². The first-order valence-corrected chi connectivity index (χ1v) is 5.98. The Morgan fingerprint density at radius 3 is 2.72 bits per heavy atom. The van der Waals surface area contributed by atoms with Crippen LogP contribution in [0.15, 0.2) is 18.5 Å². The number of nitrogens with zero attached hydrogens (tertiary/aromatic N) is 1. The molecule has 1 heterocycles. The number of hydrogen-bond donors (Lipinski definition) is 1. The Balaban J connectivity index is 2.81. The van der Waals surface area contributed by atoms with Gasteiger partial charge in [-0.3, -0.25) is 0 Å². The zero-order valence-corrected chi connectivity index (χ0v) is 10.9. The first-order valence-electron chi connectivity index (χ1n) is 5.57. The molecule has 0 bridgehead atoms. The van der Waals surface area contributed by atoms with E-state index in [0.29, 0.717) is 27.9 Å². The van der Waals surface area contributed by atoms with Gasteiger partial charge in [0.2, 0.25) is 0 Å². The molecule has 0 aliphatic rings. The van der Waals surface area contributed by atoms with Gasteiger partial charge in [0.05, 0.1) is 17.6 Å². The predicted octanol–water partition coefficient (Wildman–Crippen LogP) is 3.96. The van der Waals surface area contributed by atoms with E-state index in [1.165, 1.54) is 18.5 Å². The summed E-state index contributed by atoms with van der Waals surface area (Å²) in [5.41, 5.74) is 1.34. The standard InChI is InChI=1S/C13H12F2N2S/c1-3-8-12(16-6-17-13(8)18)10-9(14)5-4-7(2)11(10)15/h4-6H,3H2,1-2H3,(H,16,17,18). The van der Waals surface area contributed by atoms with Crippen molar-refractivity contribution in [2.75, 3.05) is 0 Å². The molecule has 0 radical (unpaired) electrons. The summed E-state index contributed by atoms with van der Waals surface area (Å²) in [4.78, 5) is 6.73. The van der Waals surface area contributed by atoms with E-state index in [1.807, 2.05) is 6.92 Å². The highest BCUT2D eigenvalue weighted by Crippen LogP contribution is 2.29. The maximum Gasteiger partial charge on any atom is 0.138 e. The van der Waals surface area contributed by atoms with Gasteiger partial charge in [0, 0.05) is 5.56 Å². The van der Waals surface area contributed by atoms with E-state index in [1.54, 1.807) is 6.92 Å². The molecule has 5 heteroatoms. The number of H-pyrrole nitrogens is 1. The SMILES string of the molecule is CCc1c(-c2c(F)ccc(C)c2F)[nH]cnc1=S. The molecule has 0 aliphatic heterocycles. The molecular weight excluding hydrogens is 254 g/mol. The molecule has 1 aromatic heterocycles. The monoisotopic (exact) mass is 266 g/mol. The van der Waals surface area contributed by atoms with Crippen molar-refractivity contribution >= 4 is 12.2 Å². The summed E-state index contributed by atoms with van der Waals surface area (Å²) in [6.07, 6.45) is 1.92. The van der Waals surface area contributed by atoms with Crippen molar-refractivity contribution < 1.29 is 8.78 Å². The molecule has 0 spiro atoms. The number of hydrogen-bond acceptors (Lipinski definition) is 2. The fourth-order valence-electron chi connectivity index (χ4n) is 1.86. The average molecular weight is 266 g/mol. The summed E-state index contributed by atoms with van der Waals surface area (Å²) in [7, 11) is 0. The van der Waals surface area contributed by atoms with E-state index >= 15 is 0 Å². The normalized spacial score (nSPS) is 10.7. The molecule has 1 aromatic carbocycles. The molecule has 0 saturated heterocycles. The lowest BCUT2D eigenvalue weighted by Gasteiger charge is -2.11. The van der Waals surface area contributed by atoms with Gasteiger partial charge in [-0.2, -0.15) is 0 Å². The lowest BCUT2D eigenvalue weighted by molar-refractivity contribution is 0.582.